The van der Waals surface area contributed by atoms with Gasteiger partial charge in [0.25, 0.3) is 5.91 Å². The zero-order chi connectivity index (χ0) is 24.4. The lowest BCUT2D eigenvalue weighted by atomic mass is 9.96. The first-order chi connectivity index (χ1) is 16.9. The van der Waals surface area contributed by atoms with Gasteiger partial charge in [-0.1, -0.05) is 84.9 Å². The molecule has 2 heterocycles. The highest BCUT2D eigenvalue weighted by atomic mass is 19.4. The monoisotopic (exact) mass is 476 g/mol. The quantitative estimate of drug-likeness (QED) is 0.364. The maximum atomic E-state index is 13.9. The molecule has 3 aromatic carbocycles. The van der Waals surface area contributed by atoms with Gasteiger partial charge in [0, 0.05) is 13.0 Å². The standard InChI is InChI=1S/C27H23F3N4O/c28-27(29,30)24-15-23(21-9-5-2-6-10-21)33-25-22(17-32-34(24)25)26(35)31-16-18-11-13-20(14-12-18)19-7-3-1-4-8-19/h1-14,17,23-24,33H,15-16H2,(H,31,35)/t23?,24-/m0/s1. The molecule has 8 heteroatoms. The number of fused-ring (bicyclic) bond motifs is 1. The molecule has 0 bridgehead atoms. The molecule has 1 aliphatic rings. The van der Waals surface area contributed by atoms with Crippen molar-refractivity contribution in [2.24, 2.45) is 0 Å². The molecule has 0 spiro atoms. The summed E-state index contributed by atoms with van der Waals surface area (Å²) in [4.78, 5) is 13.0. The van der Waals surface area contributed by atoms with Crippen molar-refractivity contribution in [3.8, 4) is 11.1 Å². The van der Waals surface area contributed by atoms with E-state index >= 15 is 0 Å². The minimum absolute atomic E-state index is 0.0735. The van der Waals surface area contributed by atoms with Crippen LogP contribution in [0.15, 0.2) is 91.1 Å². The zero-order valence-electron chi connectivity index (χ0n) is 18.7. The van der Waals surface area contributed by atoms with Gasteiger partial charge in [-0.25, -0.2) is 4.68 Å². The maximum absolute atomic E-state index is 13.9. The van der Waals surface area contributed by atoms with Crippen molar-refractivity contribution in [1.82, 2.24) is 15.1 Å². The van der Waals surface area contributed by atoms with E-state index in [9.17, 15) is 18.0 Å². The average Bonchev–Trinajstić information content (AvgIpc) is 3.31. The van der Waals surface area contributed by atoms with Crippen molar-refractivity contribution < 1.29 is 18.0 Å². The Hall–Kier alpha value is -4.07. The van der Waals surface area contributed by atoms with E-state index in [1.54, 1.807) is 24.3 Å². The molecule has 5 rings (SSSR count). The minimum atomic E-state index is -4.50. The summed E-state index contributed by atoms with van der Waals surface area (Å²) in [5.74, 6) is -0.412. The van der Waals surface area contributed by atoms with Gasteiger partial charge in [-0.05, 0) is 22.3 Å². The molecule has 0 radical (unpaired) electrons. The number of hydrogen-bond donors (Lipinski definition) is 2. The van der Waals surface area contributed by atoms with Crippen LogP contribution in [-0.2, 0) is 6.54 Å². The molecule has 178 valence electrons. The Morgan fingerprint density at radius 2 is 1.57 bits per heavy atom. The molecule has 1 aliphatic heterocycles. The lowest BCUT2D eigenvalue weighted by molar-refractivity contribution is -0.173. The number of carbonyl (C=O) groups excluding carboxylic acids is 1. The van der Waals surface area contributed by atoms with Crippen LogP contribution in [0.1, 0.15) is 40.0 Å². The first kappa shape index (κ1) is 22.7. The number of benzene rings is 3. The summed E-state index contributed by atoms with van der Waals surface area (Å²) < 4.78 is 42.4. The van der Waals surface area contributed by atoms with Gasteiger partial charge < -0.3 is 10.6 Å². The molecule has 35 heavy (non-hydrogen) atoms. The van der Waals surface area contributed by atoms with Crippen molar-refractivity contribution in [2.45, 2.75) is 31.2 Å². The maximum Gasteiger partial charge on any atom is 0.410 e. The molecule has 0 saturated carbocycles. The van der Waals surface area contributed by atoms with Crippen LogP contribution >= 0.6 is 0 Å². The number of carbonyl (C=O) groups is 1. The highest BCUT2D eigenvalue weighted by molar-refractivity contribution is 5.98. The molecule has 1 amide bonds. The molecule has 0 fully saturated rings. The van der Waals surface area contributed by atoms with Crippen molar-refractivity contribution in [3.05, 3.63) is 108 Å². The van der Waals surface area contributed by atoms with E-state index in [4.69, 9.17) is 0 Å². The minimum Gasteiger partial charge on any atom is -0.363 e. The number of rotatable bonds is 5. The lowest BCUT2D eigenvalue weighted by Crippen LogP contribution is -2.36. The van der Waals surface area contributed by atoms with E-state index in [0.717, 1.165) is 26.9 Å². The van der Waals surface area contributed by atoms with Gasteiger partial charge in [-0.3, -0.25) is 4.79 Å². The second-order valence-corrected chi connectivity index (χ2v) is 8.50. The Balaban J connectivity index is 1.34. The molecule has 1 aromatic heterocycles. The summed E-state index contributed by atoms with van der Waals surface area (Å²) in [6, 6.07) is 24.2. The van der Waals surface area contributed by atoms with E-state index < -0.39 is 24.2 Å². The van der Waals surface area contributed by atoms with Gasteiger partial charge >= 0.3 is 6.18 Å². The van der Waals surface area contributed by atoms with Gasteiger partial charge in [-0.2, -0.15) is 18.3 Å². The summed E-state index contributed by atoms with van der Waals surface area (Å²) in [6.45, 7) is 0.239. The van der Waals surface area contributed by atoms with Crippen LogP contribution in [0.25, 0.3) is 11.1 Å². The van der Waals surface area contributed by atoms with Crippen LogP contribution < -0.4 is 10.6 Å². The normalized spacial score (nSPS) is 17.3. The fourth-order valence-electron chi connectivity index (χ4n) is 4.36. The Morgan fingerprint density at radius 1 is 0.943 bits per heavy atom. The lowest BCUT2D eigenvalue weighted by Gasteiger charge is -2.34. The largest absolute Gasteiger partial charge is 0.410 e. The van der Waals surface area contributed by atoms with Gasteiger partial charge in [0.2, 0.25) is 0 Å². The van der Waals surface area contributed by atoms with Gasteiger partial charge in [-0.15, -0.1) is 0 Å². The van der Waals surface area contributed by atoms with E-state index in [2.05, 4.69) is 15.7 Å². The fourth-order valence-corrected chi connectivity index (χ4v) is 4.36. The van der Waals surface area contributed by atoms with Gasteiger partial charge in [0.05, 0.1) is 12.2 Å². The first-order valence-electron chi connectivity index (χ1n) is 11.3. The number of anilines is 1. The molecule has 0 saturated heterocycles. The van der Waals surface area contributed by atoms with Crippen molar-refractivity contribution >= 4 is 11.7 Å². The van der Waals surface area contributed by atoms with E-state index in [1.807, 2.05) is 60.7 Å². The highest BCUT2D eigenvalue weighted by Gasteiger charge is 2.47. The van der Waals surface area contributed by atoms with Crippen LogP contribution in [0.3, 0.4) is 0 Å². The number of amides is 1. The molecule has 4 aromatic rings. The second kappa shape index (κ2) is 9.29. The Kier molecular flexibility index (Phi) is 6.03. The number of halogens is 3. The number of nitrogens with zero attached hydrogens (tertiary/aromatic N) is 2. The third-order valence-electron chi connectivity index (χ3n) is 6.20. The third-order valence-corrected chi connectivity index (χ3v) is 6.20. The number of hydrogen-bond acceptors (Lipinski definition) is 3. The smallest absolute Gasteiger partial charge is 0.363 e. The molecule has 5 nitrogen and oxygen atoms in total. The van der Waals surface area contributed by atoms with E-state index in [1.165, 1.54) is 6.20 Å². The van der Waals surface area contributed by atoms with Crippen molar-refractivity contribution in [2.75, 3.05) is 5.32 Å². The van der Waals surface area contributed by atoms with Crippen molar-refractivity contribution in [1.29, 1.82) is 0 Å². The van der Waals surface area contributed by atoms with Crippen LogP contribution in [0.2, 0.25) is 0 Å². The number of nitrogens with one attached hydrogen (secondary N) is 2. The van der Waals surface area contributed by atoms with Crippen LogP contribution in [0.4, 0.5) is 19.0 Å². The summed E-state index contributed by atoms with van der Waals surface area (Å²) in [7, 11) is 0. The van der Waals surface area contributed by atoms with Crippen LogP contribution in [0.5, 0.6) is 0 Å². The van der Waals surface area contributed by atoms with Gasteiger partial charge in [0.1, 0.15) is 11.4 Å². The predicted octanol–water partition coefficient (Wildman–Crippen LogP) is 6.14. The second-order valence-electron chi connectivity index (χ2n) is 8.50. The Labute approximate surface area is 200 Å². The highest BCUT2D eigenvalue weighted by Crippen LogP contribution is 2.44. The summed E-state index contributed by atoms with van der Waals surface area (Å²) in [5, 5.41) is 9.84. The van der Waals surface area contributed by atoms with Crippen LogP contribution in [0, 0.1) is 0 Å². The average molecular weight is 477 g/mol. The molecular weight excluding hydrogens is 453 g/mol. The number of aromatic nitrogens is 2. The SMILES string of the molecule is O=C(NCc1ccc(-c2ccccc2)cc1)c1cnn2c1NC(c1ccccc1)C[C@H]2C(F)(F)F. The van der Waals surface area contributed by atoms with E-state index in [-0.39, 0.29) is 24.3 Å². The molecular formula is C27H23F3N4O. The van der Waals surface area contributed by atoms with Gasteiger partial charge in [0.15, 0.2) is 6.04 Å². The molecule has 0 aliphatic carbocycles. The Bertz CT molecular complexity index is 1300. The third kappa shape index (κ3) is 4.77. The summed E-state index contributed by atoms with van der Waals surface area (Å²) in [5.41, 5.74) is 3.83. The van der Waals surface area contributed by atoms with Crippen LogP contribution in [-0.4, -0.2) is 21.9 Å². The fraction of sp³-hybridized carbons (Fsp3) is 0.185. The van der Waals surface area contributed by atoms with E-state index in [0.29, 0.717) is 0 Å². The summed E-state index contributed by atoms with van der Waals surface area (Å²) in [6.07, 6.45) is -3.51. The number of alkyl halides is 3. The predicted molar refractivity (Wildman–Crippen MR) is 128 cm³/mol. The molecule has 1 unspecified atom stereocenters. The topological polar surface area (TPSA) is 59.0 Å². The first-order valence-corrected chi connectivity index (χ1v) is 11.3. The Morgan fingerprint density at radius 3 is 2.23 bits per heavy atom. The molecule has 2 atom stereocenters. The van der Waals surface area contributed by atoms with Crippen molar-refractivity contribution in [3.63, 3.8) is 0 Å². The zero-order valence-corrected chi connectivity index (χ0v) is 18.7. The summed E-state index contributed by atoms with van der Waals surface area (Å²) >= 11 is 0. The molecule has 2 N–H and O–H groups in total.